The Labute approximate surface area is 121 Å². The Kier molecular flexibility index (Phi) is 5.24. The van der Waals surface area contributed by atoms with Gasteiger partial charge in [0.05, 0.1) is 19.8 Å². The van der Waals surface area contributed by atoms with Crippen LogP contribution in [-0.4, -0.2) is 36.5 Å². The molecular formula is C13H16N4O4. The van der Waals surface area contributed by atoms with Crippen molar-refractivity contribution < 1.29 is 18.9 Å². The molecule has 0 radical (unpaired) electrons. The smallest absolute Gasteiger partial charge is 0.281 e. The van der Waals surface area contributed by atoms with E-state index in [0.717, 1.165) is 5.56 Å². The van der Waals surface area contributed by atoms with Gasteiger partial charge in [-0.15, -0.1) is 0 Å². The van der Waals surface area contributed by atoms with Gasteiger partial charge in [0.1, 0.15) is 0 Å². The molecule has 21 heavy (non-hydrogen) atoms. The van der Waals surface area contributed by atoms with Crippen LogP contribution < -0.4 is 11.1 Å². The molecule has 8 nitrogen and oxygen atoms in total. The molecule has 1 heterocycles. The minimum Gasteiger partial charge on any atom is -0.382 e. The molecule has 1 aromatic heterocycles. The van der Waals surface area contributed by atoms with E-state index in [9.17, 15) is 4.79 Å². The lowest BCUT2D eigenvalue weighted by Gasteiger charge is -2.07. The number of nitrogens with two attached hydrogens (primary N) is 1. The number of aromatic nitrogens is 2. The summed E-state index contributed by atoms with van der Waals surface area (Å²) in [7, 11) is 1.62. The molecule has 0 saturated heterocycles. The lowest BCUT2D eigenvalue weighted by Crippen LogP contribution is -2.14. The molecule has 0 aliphatic rings. The lowest BCUT2D eigenvalue weighted by atomic mass is 10.2. The van der Waals surface area contributed by atoms with Crippen molar-refractivity contribution in [2.24, 2.45) is 0 Å². The number of hydrogen-bond donors (Lipinski definition) is 2. The van der Waals surface area contributed by atoms with Crippen molar-refractivity contribution in [3.8, 4) is 0 Å². The Morgan fingerprint density at radius 1 is 1.38 bits per heavy atom. The first-order valence-corrected chi connectivity index (χ1v) is 6.25. The topological polar surface area (TPSA) is 112 Å². The zero-order valence-corrected chi connectivity index (χ0v) is 11.5. The van der Waals surface area contributed by atoms with Gasteiger partial charge >= 0.3 is 0 Å². The molecule has 0 bridgehead atoms. The van der Waals surface area contributed by atoms with Gasteiger partial charge in [-0.1, -0.05) is 12.1 Å². The van der Waals surface area contributed by atoms with Crippen molar-refractivity contribution in [1.82, 2.24) is 10.3 Å². The summed E-state index contributed by atoms with van der Waals surface area (Å²) >= 11 is 0. The highest BCUT2D eigenvalue weighted by Crippen LogP contribution is 2.14. The predicted octanol–water partition coefficient (Wildman–Crippen LogP) is 1.07. The van der Waals surface area contributed by atoms with Crippen LogP contribution in [0.3, 0.4) is 0 Å². The highest BCUT2D eigenvalue weighted by atomic mass is 16.6. The second-order valence-electron chi connectivity index (χ2n) is 4.20. The summed E-state index contributed by atoms with van der Waals surface area (Å²) < 4.78 is 14.7. The van der Waals surface area contributed by atoms with Crippen LogP contribution in [0.2, 0.25) is 0 Å². The molecule has 2 rings (SSSR count). The van der Waals surface area contributed by atoms with E-state index >= 15 is 0 Å². The maximum absolute atomic E-state index is 11.9. The molecule has 3 N–H and O–H groups in total. The highest BCUT2D eigenvalue weighted by Gasteiger charge is 2.15. The van der Waals surface area contributed by atoms with Gasteiger partial charge in [0, 0.05) is 12.8 Å². The molecule has 0 spiro atoms. The van der Waals surface area contributed by atoms with E-state index in [-0.39, 0.29) is 11.5 Å². The van der Waals surface area contributed by atoms with Gasteiger partial charge in [0.25, 0.3) is 5.91 Å². The molecule has 1 aromatic carbocycles. The lowest BCUT2D eigenvalue weighted by molar-refractivity contribution is 0.0617. The van der Waals surface area contributed by atoms with Gasteiger partial charge in [-0.05, 0) is 28.0 Å². The second kappa shape index (κ2) is 7.36. The van der Waals surface area contributed by atoms with Crippen LogP contribution >= 0.6 is 0 Å². The Bertz CT molecular complexity index is 599. The van der Waals surface area contributed by atoms with Crippen LogP contribution in [0, 0.1) is 0 Å². The van der Waals surface area contributed by atoms with Crippen molar-refractivity contribution >= 4 is 17.4 Å². The average molecular weight is 292 g/mol. The molecule has 0 aliphatic heterocycles. The van der Waals surface area contributed by atoms with E-state index in [1.165, 1.54) is 0 Å². The van der Waals surface area contributed by atoms with Gasteiger partial charge in [0.15, 0.2) is 0 Å². The summed E-state index contributed by atoms with van der Waals surface area (Å²) in [6, 6.07) is 7.26. The fourth-order valence-electron chi connectivity index (χ4n) is 1.61. The molecule has 8 heteroatoms. The summed E-state index contributed by atoms with van der Waals surface area (Å²) in [5, 5.41) is 9.46. The maximum atomic E-state index is 11.9. The normalized spacial score (nSPS) is 10.5. The first-order chi connectivity index (χ1) is 10.2. The summed E-state index contributed by atoms with van der Waals surface area (Å²) in [5.74, 6) is -0.530. The second-order valence-corrected chi connectivity index (χ2v) is 4.20. The molecule has 0 atom stereocenters. The Hall–Kier alpha value is -2.45. The average Bonchev–Trinajstić information content (AvgIpc) is 2.90. The Morgan fingerprint density at radius 2 is 2.24 bits per heavy atom. The Balaban J connectivity index is 1.94. The van der Waals surface area contributed by atoms with E-state index in [1.807, 2.05) is 12.1 Å². The van der Waals surface area contributed by atoms with Gasteiger partial charge in [-0.25, -0.2) is 4.63 Å². The van der Waals surface area contributed by atoms with Crippen molar-refractivity contribution in [3.63, 3.8) is 0 Å². The van der Waals surface area contributed by atoms with Crippen LogP contribution in [-0.2, 0) is 16.1 Å². The molecular weight excluding hydrogens is 276 g/mol. The van der Waals surface area contributed by atoms with Crippen molar-refractivity contribution in [2.75, 3.05) is 31.4 Å². The molecule has 0 saturated carbocycles. The van der Waals surface area contributed by atoms with Crippen LogP contribution in [0.4, 0.5) is 11.5 Å². The van der Waals surface area contributed by atoms with E-state index in [2.05, 4.69) is 20.3 Å². The van der Waals surface area contributed by atoms with Gasteiger partial charge < -0.3 is 20.5 Å². The third kappa shape index (κ3) is 4.26. The van der Waals surface area contributed by atoms with Crippen molar-refractivity contribution in [3.05, 3.63) is 35.5 Å². The van der Waals surface area contributed by atoms with Crippen LogP contribution in [0.25, 0.3) is 0 Å². The fraction of sp³-hybridized carbons (Fsp3) is 0.308. The highest BCUT2D eigenvalue weighted by molar-refractivity contribution is 6.05. The number of benzene rings is 1. The Morgan fingerprint density at radius 3 is 2.95 bits per heavy atom. The first-order valence-electron chi connectivity index (χ1n) is 6.25. The van der Waals surface area contributed by atoms with Crippen LogP contribution in [0.15, 0.2) is 28.9 Å². The number of carbonyl (C=O) groups excluding carboxylic acids is 1. The number of carbonyl (C=O) groups is 1. The number of amides is 1. The standard InChI is InChI=1S/C13H16N4O4/c1-19-5-6-20-8-9-3-2-4-10(7-9)15-13(18)11-12(14)17-21-16-11/h2-4,7H,5-6,8H2,1H3,(H2,14,17)(H,15,18). The largest absolute Gasteiger partial charge is 0.382 e. The molecule has 0 fully saturated rings. The monoisotopic (exact) mass is 292 g/mol. The van der Waals surface area contributed by atoms with Gasteiger partial charge in [0.2, 0.25) is 11.5 Å². The number of anilines is 2. The molecule has 0 aliphatic carbocycles. The first kappa shape index (κ1) is 14.9. The van der Waals surface area contributed by atoms with Gasteiger partial charge in [-0.3, -0.25) is 4.79 Å². The quantitative estimate of drug-likeness (QED) is 0.734. The molecule has 1 amide bonds. The molecule has 2 aromatic rings. The number of hydrogen-bond acceptors (Lipinski definition) is 7. The number of nitrogen functional groups attached to an aromatic ring is 1. The van der Waals surface area contributed by atoms with E-state index in [4.69, 9.17) is 15.2 Å². The van der Waals surface area contributed by atoms with Crippen molar-refractivity contribution in [2.45, 2.75) is 6.61 Å². The zero-order chi connectivity index (χ0) is 15.1. The predicted molar refractivity (Wildman–Crippen MR) is 74.6 cm³/mol. The van der Waals surface area contributed by atoms with Crippen LogP contribution in [0.1, 0.15) is 16.1 Å². The summed E-state index contributed by atoms with van der Waals surface area (Å²) in [6.45, 7) is 1.48. The zero-order valence-electron chi connectivity index (χ0n) is 11.5. The van der Waals surface area contributed by atoms with Crippen molar-refractivity contribution in [1.29, 1.82) is 0 Å². The fourth-order valence-corrected chi connectivity index (χ4v) is 1.61. The molecule has 0 unspecified atom stereocenters. The number of rotatable bonds is 7. The van der Waals surface area contributed by atoms with E-state index in [0.29, 0.717) is 25.5 Å². The summed E-state index contributed by atoms with van der Waals surface area (Å²) in [6.07, 6.45) is 0. The minimum atomic E-state index is -0.480. The number of nitrogens with one attached hydrogen (secondary N) is 1. The number of nitrogens with zero attached hydrogens (tertiary/aromatic N) is 2. The third-order valence-corrected chi connectivity index (χ3v) is 2.61. The number of methoxy groups -OCH3 is 1. The van der Waals surface area contributed by atoms with Gasteiger partial charge in [-0.2, -0.15) is 0 Å². The van der Waals surface area contributed by atoms with Crippen LogP contribution in [0.5, 0.6) is 0 Å². The SMILES string of the molecule is COCCOCc1cccc(NC(=O)c2nonc2N)c1. The summed E-state index contributed by atoms with van der Waals surface area (Å²) in [4.78, 5) is 11.9. The summed E-state index contributed by atoms with van der Waals surface area (Å²) in [5.41, 5.74) is 6.95. The maximum Gasteiger partial charge on any atom is 0.281 e. The van der Waals surface area contributed by atoms with E-state index < -0.39 is 5.91 Å². The molecule has 112 valence electrons. The third-order valence-electron chi connectivity index (χ3n) is 2.61. The number of ether oxygens (including phenoxy) is 2. The van der Waals surface area contributed by atoms with E-state index in [1.54, 1.807) is 19.2 Å². The minimum absolute atomic E-state index is 0.0447.